The normalized spacial score (nSPS) is 10.8. The molecule has 0 saturated carbocycles. The van der Waals surface area contributed by atoms with E-state index in [0.717, 1.165) is 6.20 Å². The van der Waals surface area contributed by atoms with Crippen molar-refractivity contribution in [2.24, 2.45) is 0 Å². The summed E-state index contributed by atoms with van der Waals surface area (Å²) in [4.78, 5) is 22.1. The topological polar surface area (TPSA) is 58.6 Å². The number of hydrogen-bond acceptors (Lipinski definition) is 3. The lowest BCUT2D eigenvalue weighted by Crippen LogP contribution is -2.16. The fourth-order valence-electron chi connectivity index (χ4n) is 1.72. The Labute approximate surface area is 97.6 Å². The van der Waals surface area contributed by atoms with Gasteiger partial charge in [0, 0.05) is 17.3 Å². The smallest absolute Gasteiger partial charge is 0.254 e. The molecule has 2 aromatic rings. The van der Waals surface area contributed by atoms with Crippen molar-refractivity contribution in [3.63, 3.8) is 0 Å². The summed E-state index contributed by atoms with van der Waals surface area (Å²) in [6.45, 7) is 3.78. The molecule has 0 aliphatic rings. The third-order valence-corrected chi connectivity index (χ3v) is 2.44. The van der Waals surface area contributed by atoms with Gasteiger partial charge >= 0.3 is 0 Å². The molecule has 0 unspecified atom stereocenters. The SMILES string of the molecule is CC(C)c1c(-c2cncc(F)c2)nc[nH]c1=O. The molecule has 88 valence electrons. The minimum Gasteiger partial charge on any atom is -0.313 e. The molecule has 0 amide bonds. The summed E-state index contributed by atoms with van der Waals surface area (Å²) in [5, 5.41) is 0. The maximum atomic E-state index is 13.1. The molecular formula is C12H12FN3O. The summed E-state index contributed by atoms with van der Waals surface area (Å²) < 4.78 is 13.1. The van der Waals surface area contributed by atoms with E-state index in [1.807, 2.05) is 13.8 Å². The van der Waals surface area contributed by atoms with E-state index in [9.17, 15) is 9.18 Å². The highest BCUT2D eigenvalue weighted by Crippen LogP contribution is 2.23. The lowest BCUT2D eigenvalue weighted by molar-refractivity contribution is 0.622. The molecule has 17 heavy (non-hydrogen) atoms. The second-order valence-electron chi connectivity index (χ2n) is 4.04. The summed E-state index contributed by atoms with van der Waals surface area (Å²) in [5.74, 6) is -0.440. The zero-order chi connectivity index (χ0) is 12.4. The minimum atomic E-state index is -0.445. The molecule has 0 aromatic carbocycles. The van der Waals surface area contributed by atoms with Gasteiger partial charge in [0.1, 0.15) is 5.82 Å². The van der Waals surface area contributed by atoms with Crippen molar-refractivity contribution < 1.29 is 4.39 Å². The fourth-order valence-corrected chi connectivity index (χ4v) is 1.72. The Morgan fingerprint density at radius 3 is 2.76 bits per heavy atom. The number of rotatable bonds is 2. The highest BCUT2D eigenvalue weighted by atomic mass is 19.1. The van der Waals surface area contributed by atoms with Gasteiger partial charge in [-0.3, -0.25) is 9.78 Å². The van der Waals surface area contributed by atoms with Crippen LogP contribution in [0.4, 0.5) is 4.39 Å². The molecule has 0 bridgehead atoms. The van der Waals surface area contributed by atoms with Gasteiger partial charge in [0.15, 0.2) is 0 Å². The first kappa shape index (κ1) is 11.4. The van der Waals surface area contributed by atoms with E-state index in [2.05, 4.69) is 15.0 Å². The van der Waals surface area contributed by atoms with Gasteiger partial charge in [-0.05, 0) is 12.0 Å². The van der Waals surface area contributed by atoms with E-state index in [4.69, 9.17) is 0 Å². The van der Waals surface area contributed by atoms with E-state index in [1.165, 1.54) is 18.6 Å². The van der Waals surface area contributed by atoms with Crippen LogP contribution in [0, 0.1) is 5.82 Å². The van der Waals surface area contributed by atoms with Crippen molar-refractivity contribution in [3.05, 3.63) is 46.5 Å². The summed E-state index contributed by atoms with van der Waals surface area (Å²) in [7, 11) is 0. The first-order valence-corrected chi connectivity index (χ1v) is 5.28. The van der Waals surface area contributed by atoms with Crippen molar-refractivity contribution in [1.29, 1.82) is 0 Å². The molecule has 0 fully saturated rings. The molecule has 0 atom stereocenters. The molecule has 1 N–H and O–H groups in total. The number of hydrogen-bond donors (Lipinski definition) is 1. The van der Waals surface area contributed by atoms with Gasteiger partial charge in [0.05, 0.1) is 18.2 Å². The molecule has 0 aliphatic carbocycles. The first-order chi connectivity index (χ1) is 8.09. The molecule has 4 nitrogen and oxygen atoms in total. The van der Waals surface area contributed by atoms with Crippen LogP contribution in [0.1, 0.15) is 25.3 Å². The van der Waals surface area contributed by atoms with Crippen LogP contribution < -0.4 is 5.56 Å². The fraction of sp³-hybridized carbons (Fsp3) is 0.250. The second-order valence-corrected chi connectivity index (χ2v) is 4.04. The number of nitrogens with one attached hydrogen (secondary N) is 1. The lowest BCUT2D eigenvalue weighted by atomic mass is 9.99. The highest BCUT2D eigenvalue weighted by Gasteiger charge is 2.14. The van der Waals surface area contributed by atoms with Crippen LogP contribution in [-0.4, -0.2) is 15.0 Å². The Morgan fingerprint density at radius 2 is 2.12 bits per heavy atom. The summed E-state index contributed by atoms with van der Waals surface area (Å²) in [6, 6.07) is 1.32. The van der Waals surface area contributed by atoms with Gasteiger partial charge in [0.2, 0.25) is 0 Å². The Hall–Kier alpha value is -2.04. The van der Waals surface area contributed by atoms with Gasteiger partial charge in [-0.15, -0.1) is 0 Å². The molecule has 2 rings (SSSR count). The summed E-state index contributed by atoms with van der Waals surface area (Å²) in [6.07, 6.45) is 3.93. The molecule has 0 saturated heterocycles. The van der Waals surface area contributed by atoms with Gasteiger partial charge < -0.3 is 4.98 Å². The molecule has 0 aliphatic heterocycles. The maximum absolute atomic E-state index is 13.1. The van der Waals surface area contributed by atoms with Crippen LogP contribution in [0.15, 0.2) is 29.6 Å². The van der Waals surface area contributed by atoms with Crippen molar-refractivity contribution in [2.75, 3.05) is 0 Å². The molecular weight excluding hydrogens is 221 g/mol. The maximum Gasteiger partial charge on any atom is 0.254 e. The molecule has 0 radical (unpaired) electrons. The van der Waals surface area contributed by atoms with Crippen molar-refractivity contribution >= 4 is 0 Å². The van der Waals surface area contributed by atoms with E-state index in [0.29, 0.717) is 16.8 Å². The van der Waals surface area contributed by atoms with Gasteiger partial charge in [-0.25, -0.2) is 9.37 Å². The Morgan fingerprint density at radius 1 is 1.35 bits per heavy atom. The predicted molar refractivity (Wildman–Crippen MR) is 62.1 cm³/mol. The molecule has 2 aromatic heterocycles. The van der Waals surface area contributed by atoms with Crippen molar-refractivity contribution in [1.82, 2.24) is 15.0 Å². The third kappa shape index (κ3) is 2.22. The van der Waals surface area contributed by atoms with E-state index in [-0.39, 0.29) is 11.5 Å². The Balaban J connectivity index is 2.67. The molecule has 0 spiro atoms. The first-order valence-electron chi connectivity index (χ1n) is 5.28. The standard InChI is InChI=1S/C12H12FN3O/c1-7(2)10-11(15-6-16-12(10)17)8-3-9(13)5-14-4-8/h3-7H,1-2H3,(H,15,16,17). The quantitative estimate of drug-likeness (QED) is 0.864. The minimum absolute atomic E-state index is 0.00529. The number of H-pyrrole nitrogens is 1. The zero-order valence-electron chi connectivity index (χ0n) is 9.57. The Kier molecular flexibility index (Phi) is 2.99. The van der Waals surface area contributed by atoms with Crippen LogP contribution in [0.25, 0.3) is 11.3 Å². The molecule has 2 heterocycles. The number of aromatic amines is 1. The lowest BCUT2D eigenvalue weighted by Gasteiger charge is -2.09. The van der Waals surface area contributed by atoms with Crippen molar-refractivity contribution in [2.45, 2.75) is 19.8 Å². The number of nitrogens with zero attached hydrogens (tertiary/aromatic N) is 2. The van der Waals surface area contributed by atoms with Gasteiger partial charge in [0.25, 0.3) is 5.56 Å². The van der Waals surface area contributed by atoms with Crippen LogP contribution in [-0.2, 0) is 0 Å². The highest BCUT2D eigenvalue weighted by molar-refractivity contribution is 5.61. The van der Waals surface area contributed by atoms with Crippen LogP contribution in [0.2, 0.25) is 0 Å². The summed E-state index contributed by atoms with van der Waals surface area (Å²) >= 11 is 0. The average Bonchev–Trinajstić information content (AvgIpc) is 2.28. The van der Waals surface area contributed by atoms with E-state index in [1.54, 1.807) is 0 Å². The predicted octanol–water partition coefficient (Wildman–Crippen LogP) is 2.09. The van der Waals surface area contributed by atoms with E-state index < -0.39 is 5.82 Å². The zero-order valence-corrected chi connectivity index (χ0v) is 9.57. The monoisotopic (exact) mass is 233 g/mol. The van der Waals surface area contributed by atoms with Gasteiger partial charge in [-0.2, -0.15) is 0 Å². The number of pyridine rings is 1. The van der Waals surface area contributed by atoms with E-state index >= 15 is 0 Å². The number of aromatic nitrogens is 3. The number of halogens is 1. The van der Waals surface area contributed by atoms with Crippen molar-refractivity contribution in [3.8, 4) is 11.3 Å². The third-order valence-electron chi connectivity index (χ3n) is 2.44. The second kappa shape index (κ2) is 4.45. The van der Waals surface area contributed by atoms with Gasteiger partial charge in [-0.1, -0.05) is 13.8 Å². The van der Waals surface area contributed by atoms with Crippen LogP contribution >= 0.6 is 0 Å². The van der Waals surface area contributed by atoms with Crippen LogP contribution in [0.3, 0.4) is 0 Å². The Bertz CT molecular complexity index is 592. The van der Waals surface area contributed by atoms with Crippen LogP contribution in [0.5, 0.6) is 0 Å². The largest absolute Gasteiger partial charge is 0.313 e. The molecule has 5 heteroatoms. The average molecular weight is 233 g/mol. The summed E-state index contributed by atoms with van der Waals surface area (Å²) in [5.41, 5.74) is 1.34.